The third-order valence-corrected chi connectivity index (χ3v) is 9.65. The Morgan fingerprint density at radius 3 is 2.56 bits per heavy atom. The highest BCUT2D eigenvalue weighted by Crippen LogP contribution is 2.58. The maximum atomic E-state index is 12.4. The van der Waals surface area contributed by atoms with Gasteiger partial charge < -0.3 is 14.3 Å². The lowest BCUT2D eigenvalue weighted by molar-refractivity contribution is 0.0602. The summed E-state index contributed by atoms with van der Waals surface area (Å²) in [6.45, 7) is 4.78. The predicted molar refractivity (Wildman–Crippen MR) is 134 cm³/mol. The van der Waals surface area contributed by atoms with Crippen LogP contribution in [0.15, 0.2) is 42.5 Å². The summed E-state index contributed by atoms with van der Waals surface area (Å²) in [6.07, 6.45) is 5.94. The predicted octanol–water partition coefficient (Wildman–Crippen LogP) is 6.63. The fourth-order valence-corrected chi connectivity index (χ4v) is 7.87. The number of hydrogen-bond acceptors (Lipinski definition) is 4. The van der Waals surface area contributed by atoms with Crippen molar-refractivity contribution in [3.8, 4) is 5.75 Å². The zero-order chi connectivity index (χ0) is 22.9. The van der Waals surface area contributed by atoms with Crippen molar-refractivity contribution in [2.75, 3.05) is 12.2 Å². The van der Waals surface area contributed by atoms with Crippen LogP contribution in [0.3, 0.4) is 0 Å². The number of methoxy groups -OCH3 is 1. The third-order valence-electron chi connectivity index (χ3n) is 6.41. The molecular weight excluding hydrogens is 439 g/mol. The van der Waals surface area contributed by atoms with E-state index in [2.05, 4.69) is 48.7 Å². The average Bonchev–Trinajstić information content (AvgIpc) is 2.78. The smallest absolute Gasteiger partial charge is 0.339 e. The topological polar surface area (TPSA) is 50.8 Å². The summed E-state index contributed by atoms with van der Waals surface area (Å²) in [6, 6.07) is 14.2. The molecule has 0 radical (unpaired) electrons. The Hall–Kier alpha value is -1.88. The number of rotatable bonds is 4. The van der Waals surface area contributed by atoms with Gasteiger partial charge in [0.15, 0.2) is 0 Å². The molecule has 172 valence electrons. The Balaban J connectivity index is 1.74. The van der Waals surface area contributed by atoms with E-state index in [1.807, 2.05) is 18.2 Å². The molecule has 2 aromatic rings. The lowest BCUT2D eigenvalue weighted by Gasteiger charge is -2.45. The summed E-state index contributed by atoms with van der Waals surface area (Å²) in [7, 11) is 1.40. The minimum Gasteiger partial charge on any atom is -0.465 e. The molecule has 2 aromatic carbocycles. The molecule has 5 nitrogen and oxygen atoms in total. The molecule has 1 unspecified atom stereocenters. The number of nitrogens with one attached hydrogen (secondary N) is 1. The molecule has 0 amide bonds. The van der Waals surface area contributed by atoms with Gasteiger partial charge in [-0.2, -0.15) is 0 Å². The molecule has 2 aliphatic rings. The van der Waals surface area contributed by atoms with Gasteiger partial charge >= 0.3 is 5.97 Å². The molecule has 0 saturated heterocycles. The van der Waals surface area contributed by atoms with E-state index in [0.29, 0.717) is 17.3 Å². The second kappa shape index (κ2) is 9.17. The van der Waals surface area contributed by atoms with Crippen LogP contribution in [0.5, 0.6) is 5.75 Å². The molecule has 1 aliphatic carbocycles. The van der Waals surface area contributed by atoms with Crippen molar-refractivity contribution < 1.29 is 14.1 Å². The lowest BCUT2D eigenvalue weighted by atomic mass is 9.86. The molecule has 4 rings (SSSR count). The zero-order valence-electron chi connectivity index (χ0n) is 19.4. The van der Waals surface area contributed by atoms with Gasteiger partial charge in [0.2, 0.25) is 0 Å². The van der Waals surface area contributed by atoms with Gasteiger partial charge in [-0.15, -0.1) is 0 Å². The summed E-state index contributed by atoms with van der Waals surface area (Å²) in [5, 5.41) is 3.50. The van der Waals surface area contributed by atoms with Crippen LogP contribution in [0.25, 0.3) is 0 Å². The van der Waals surface area contributed by atoms with Crippen molar-refractivity contribution in [2.45, 2.75) is 70.9 Å². The van der Waals surface area contributed by atoms with Gasteiger partial charge in [-0.05, 0) is 53.8 Å². The van der Waals surface area contributed by atoms with Crippen molar-refractivity contribution in [3.05, 3.63) is 59.2 Å². The van der Waals surface area contributed by atoms with E-state index in [-0.39, 0.29) is 11.4 Å². The van der Waals surface area contributed by atoms with Gasteiger partial charge in [-0.1, -0.05) is 64.3 Å². The van der Waals surface area contributed by atoms with Crippen LogP contribution in [0.2, 0.25) is 0 Å². The van der Waals surface area contributed by atoms with E-state index in [4.69, 9.17) is 21.1 Å². The first-order valence-corrected chi connectivity index (χ1v) is 14.0. The number of anilines is 1. The summed E-state index contributed by atoms with van der Waals surface area (Å²) in [5.74, 6) is 0.461. The highest BCUT2D eigenvalue weighted by atomic mass is 32.5. The molecule has 7 heteroatoms. The van der Waals surface area contributed by atoms with Gasteiger partial charge in [0, 0.05) is 18.2 Å². The number of esters is 1. The summed E-state index contributed by atoms with van der Waals surface area (Å²) >= 11 is 6.25. The van der Waals surface area contributed by atoms with E-state index in [1.54, 1.807) is 6.07 Å². The molecule has 0 spiro atoms. The van der Waals surface area contributed by atoms with Crippen molar-refractivity contribution in [2.24, 2.45) is 0 Å². The highest BCUT2D eigenvalue weighted by Gasteiger charge is 2.40. The SMILES string of the molecule is COC(=O)c1ccccc1NP1(=S)Oc2ccc(C(C)(C)C)cc2CN1C1CCCCC1. The molecule has 1 atom stereocenters. The number of fused-ring (bicyclic) bond motifs is 1. The second-order valence-corrected chi connectivity index (χ2v) is 13.2. The molecule has 0 bridgehead atoms. The number of carbonyl (C=O) groups is 1. The van der Waals surface area contributed by atoms with Crippen molar-refractivity contribution in [3.63, 3.8) is 0 Å². The molecule has 1 heterocycles. The zero-order valence-corrected chi connectivity index (χ0v) is 21.1. The minimum atomic E-state index is -2.67. The van der Waals surface area contributed by atoms with Crippen LogP contribution < -0.4 is 9.61 Å². The Labute approximate surface area is 196 Å². The normalized spacial score (nSPS) is 22.0. The largest absolute Gasteiger partial charge is 0.465 e. The van der Waals surface area contributed by atoms with Gasteiger partial charge in [-0.25, -0.2) is 9.46 Å². The fourth-order valence-electron chi connectivity index (χ4n) is 4.54. The fraction of sp³-hybridized carbons (Fsp3) is 0.480. The number of ether oxygens (including phenoxy) is 1. The Morgan fingerprint density at radius 2 is 1.88 bits per heavy atom. The Bertz CT molecular complexity index is 1040. The molecular formula is C25H33N2O3PS. The number of hydrogen-bond donors (Lipinski definition) is 1. The van der Waals surface area contributed by atoms with Gasteiger partial charge in [-0.3, -0.25) is 0 Å². The van der Waals surface area contributed by atoms with E-state index in [1.165, 1.54) is 37.5 Å². The first-order chi connectivity index (χ1) is 15.2. The summed E-state index contributed by atoms with van der Waals surface area (Å²) < 4.78 is 14.0. The quantitative estimate of drug-likeness (QED) is 0.398. The average molecular weight is 473 g/mol. The molecule has 1 N–H and O–H groups in total. The van der Waals surface area contributed by atoms with E-state index in [0.717, 1.165) is 25.1 Å². The second-order valence-electron chi connectivity index (χ2n) is 9.72. The van der Waals surface area contributed by atoms with Crippen LogP contribution in [0.4, 0.5) is 5.69 Å². The molecule has 1 saturated carbocycles. The highest BCUT2D eigenvalue weighted by molar-refractivity contribution is 8.12. The Kier molecular flexibility index (Phi) is 6.67. The van der Waals surface area contributed by atoms with Crippen LogP contribution in [-0.2, 0) is 28.5 Å². The lowest BCUT2D eigenvalue weighted by Crippen LogP contribution is -2.39. The Morgan fingerprint density at radius 1 is 1.16 bits per heavy atom. The van der Waals surface area contributed by atoms with Crippen molar-refractivity contribution in [1.29, 1.82) is 0 Å². The van der Waals surface area contributed by atoms with Gasteiger partial charge in [0.05, 0.1) is 18.4 Å². The molecule has 1 fully saturated rings. The summed E-state index contributed by atoms with van der Waals surface area (Å²) in [5.41, 5.74) is 3.69. The van der Waals surface area contributed by atoms with Crippen LogP contribution in [0, 0.1) is 0 Å². The van der Waals surface area contributed by atoms with Gasteiger partial charge in [0.1, 0.15) is 5.75 Å². The first-order valence-electron chi connectivity index (χ1n) is 11.4. The van der Waals surface area contributed by atoms with Crippen LogP contribution in [-0.4, -0.2) is 23.8 Å². The number of benzene rings is 2. The minimum absolute atomic E-state index is 0.0695. The molecule has 1 aliphatic heterocycles. The maximum Gasteiger partial charge on any atom is 0.339 e. The number of para-hydroxylation sites is 1. The first kappa shape index (κ1) is 23.3. The van der Waals surface area contributed by atoms with Crippen molar-refractivity contribution >= 4 is 30.0 Å². The van der Waals surface area contributed by atoms with Crippen LogP contribution >= 0.6 is 6.57 Å². The van der Waals surface area contributed by atoms with Crippen molar-refractivity contribution in [1.82, 2.24) is 4.67 Å². The third kappa shape index (κ3) is 4.73. The maximum absolute atomic E-state index is 12.4. The number of nitrogens with zero attached hydrogens (tertiary/aromatic N) is 1. The van der Waals surface area contributed by atoms with E-state index < -0.39 is 6.57 Å². The van der Waals surface area contributed by atoms with E-state index in [9.17, 15) is 4.79 Å². The van der Waals surface area contributed by atoms with E-state index >= 15 is 0 Å². The monoisotopic (exact) mass is 472 g/mol. The van der Waals surface area contributed by atoms with Gasteiger partial charge in [0.25, 0.3) is 6.57 Å². The number of carbonyl (C=O) groups excluding carboxylic acids is 1. The molecule has 0 aromatic heterocycles. The standard InChI is InChI=1S/C25H33N2O3PS/c1-25(2,3)19-14-15-23-18(16-19)17-27(20-10-6-5-7-11-20)31(32,30-23)26-22-13-9-8-12-21(22)24(28)29-4/h8-9,12-16,20H,5-7,10-11,17H2,1-4H3,(H,26,32). The molecule has 32 heavy (non-hydrogen) atoms. The van der Waals surface area contributed by atoms with Crippen LogP contribution in [0.1, 0.15) is 74.4 Å². The summed E-state index contributed by atoms with van der Waals surface area (Å²) in [4.78, 5) is 12.4.